The zero-order valence-corrected chi connectivity index (χ0v) is 22.5. The number of carbonyl (C=O) groups excluding carboxylic acids is 2. The van der Waals surface area contributed by atoms with Crippen LogP contribution in [0.4, 0.5) is 11.4 Å². The summed E-state index contributed by atoms with van der Waals surface area (Å²) in [6.07, 6.45) is 0. The summed E-state index contributed by atoms with van der Waals surface area (Å²) in [7, 11) is -7.72. The first kappa shape index (κ1) is 28.0. The highest BCUT2D eigenvalue weighted by molar-refractivity contribution is 7.99. The van der Waals surface area contributed by atoms with Gasteiger partial charge in [0.2, 0.25) is 20.0 Å². The molecule has 13 heteroatoms. The number of nitrogens with one attached hydrogen (secondary N) is 2. The van der Waals surface area contributed by atoms with E-state index in [4.69, 9.17) is 10.3 Å². The van der Waals surface area contributed by atoms with E-state index in [9.17, 15) is 26.4 Å². The third-order valence-electron chi connectivity index (χ3n) is 5.36. The first-order chi connectivity index (χ1) is 18.4. The number of benzene rings is 4. The molecule has 0 aliphatic carbocycles. The molecule has 0 heterocycles. The summed E-state index contributed by atoms with van der Waals surface area (Å²) in [5.41, 5.74) is 1.43. The standard InChI is InChI=1S/C26H22N4O6S3/c27-38(33,34)19-13-9-17(10-14-19)29-25(31)21-5-1-3-7-23(21)37-24-8-4-2-6-22(24)26(32)30-18-11-15-20(16-12-18)39(28,35)36/h1-16H,(H,29,31)(H,30,32)(H2,27,33,34)(H2,28,35,36). The Kier molecular flexibility index (Phi) is 8.18. The lowest BCUT2D eigenvalue weighted by atomic mass is 10.2. The minimum absolute atomic E-state index is 0.0771. The number of anilines is 2. The maximum Gasteiger partial charge on any atom is 0.256 e. The van der Waals surface area contributed by atoms with Gasteiger partial charge in [-0.1, -0.05) is 36.0 Å². The van der Waals surface area contributed by atoms with Gasteiger partial charge in [-0.05, 0) is 72.8 Å². The van der Waals surface area contributed by atoms with Gasteiger partial charge in [-0.3, -0.25) is 9.59 Å². The predicted octanol–water partition coefficient (Wildman–Crippen LogP) is 3.64. The van der Waals surface area contributed by atoms with Crippen LogP contribution in [0.1, 0.15) is 20.7 Å². The number of sulfonamides is 2. The smallest absolute Gasteiger partial charge is 0.256 e. The van der Waals surface area contributed by atoms with Crippen molar-refractivity contribution in [2.45, 2.75) is 19.6 Å². The lowest BCUT2D eigenvalue weighted by Gasteiger charge is -2.13. The molecule has 0 radical (unpaired) electrons. The highest BCUT2D eigenvalue weighted by Gasteiger charge is 2.17. The number of hydrogen-bond donors (Lipinski definition) is 4. The minimum Gasteiger partial charge on any atom is -0.322 e. The molecule has 2 amide bonds. The van der Waals surface area contributed by atoms with Crippen molar-refractivity contribution in [1.82, 2.24) is 0 Å². The van der Waals surface area contributed by atoms with Crippen molar-refractivity contribution in [3.8, 4) is 0 Å². The number of amides is 2. The van der Waals surface area contributed by atoms with Gasteiger partial charge in [0, 0.05) is 21.2 Å². The van der Waals surface area contributed by atoms with E-state index in [1.165, 1.54) is 60.3 Å². The van der Waals surface area contributed by atoms with Crippen molar-refractivity contribution in [2.24, 2.45) is 10.3 Å². The van der Waals surface area contributed by atoms with E-state index in [0.29, 0.717) is 32.3 Å². The van der Waals surface area contributed by atoms with Gasteiger partial charge in [-0.25, -0.2) is 27.1 Å². The molecular formula is C26H22N4O6S3. The number of rotatable bonds is 8. The van der Waals surface area contributed by atoms with Gasteiger partial charge in [0.15, 0.2) is 0 Å². The molecule has 0 saturated heterocycles. The average Bonchev–Trinajstić information content (AvgIpc) is 2.89. The summed E-state index contributed by atoms with van der Waals surface area (Å²) >= 11 is 1.22. The third-order valence-corrected chi connectivity index (χ3v) is 8.38. The first-order valence-corrected chi connectivity index (χ1v) is 15.1. The van der Waals surface area contributed by atoms with Crippen molar-refractivity contribution in [3.05, 3.63) is 108 Å². The van der Waals surface area contributed by atoms with Gasteiger partial charge < -0.3 is 10.6 Å². The molecule has 4 aromatic rings. The Bertz CT molecular complexity index is 1630. The molecule has 0 atom stereocenters. The normalized spacial score (nSPS) is 11.5. The largest absolute Gasteiger partial charge is 0.322 e. The Balaban J connectivity index is 1.54. The second kappa shape index (κ2) is 11.4. The summed E-state index contributed by atoms with van der Waals surface area (Å²) in [5.74, 6) is -0.864. The van der Waals surface area contributed by atoms with Gasteiger partial charge >= 0.3 is 0 Å². The predicted molar refractivity (Wildman–Crippen MR) is 149 cm³/mol. The van der Waals surface area contributed by atoms with Crippen molar-refractivity contribution in [3.63, 3.8) is 0 Å². The van der Waals surface area contributed by atoms with Crippen LogP contribution in [0.15, 0.2) is 117 Å². The van der Waals surface area contributed by atoms with Crippen LogP contribution in [-0.4, -0.2) is 28.6 Å². The Morgan fingerprint density at radius 2 is 0.872 bits per heavy atom. The Labute approximate surface area is 229 Å². The van der Waals surface area contributed by atoms with Crippen LogP contribution in [-0.2, 0) is 20.0 Å². The molecule has 10 nitrogen and oxygen atoms in total. The van der Waals surface area contributed by atoms with E-state index in [1.807, 2.05) is 0 Å². The second-order valence-corrected chi connectivity index (χ2v) is 12.3. The SMILES string of the molecule is NS(=O)(=O)c1ccc(NC(=O)c2ccccc2Sc2ccccc2C(=O)Nc2ccc(S(N)(=O)=O)cc2)cc1. The fraction of sp³-hybridized carbons (Fsp3) is 0. The molecule has 0 spiro atoms. The summed E-state index contributed by atoms with van der Waals surface area (Å²) in [5, 5.41) is 15.7. The Morgan fingerprint density at radius 3 is 1.21 bits per heavy atom. The van der Waals surface area contributed by atoms with Crippen LogP contribution >= 0.6 is 11.8 Å². The monoisotopic (exact) mass is 582 g/mol. The number of carbonyl (C=O) groups is 2. The first-order valence-electron chi connectivity index (χ1n) is 11.2. The molecule has 0 saturated carbocycles. The molecule has 6 N–H and O–H groups in total. The molecule has 200 valence electrons. The zero-order valence-electron chi connectivity index (χ0n) is 20.1. The minimum atomic E-state index is -3.86. The van der Waals surface area contributed by atoms with Gasteiger partial charge in [0.1, 0.15) is 0 Å². The maximum absolute atomic E-state index is 13.1. The lowest BCUT2D eigenvalue weighted by molar-refractivity contribution is 0.101. The lowest BCUT2D eigenvalue weighted by Crippen LogP contribution is -2.15. The number of hydrogen-bond acceptors (Lipinski definition) is 7. The van der Waals surface area contributed by atoms with E-state index in [0.717, 1.165) is 0 Å². The van der Waals surface area contributed by atoms with E-state index in [1.54, 1.807) is 48.5 Å². The van der Waals surface area contributed by atoms with Gasteiger partial charge in [-0.2, -0.15) is 0 Å². The molecular weight excluding hydrogens is 561 g/mol. The summed E-state index contributed by atoms with van der Waals surface area (Å²) in [6, 6.07) is 24.6. The van der Waals surface area contributed by atoms with Gasteiger partial charge in [0.25, 0.3) is 11.8 Å². The molecule has 0 aromatic heterocycles. The molecule has 0 unspecified atom stereocenters. The Morgan fingerprint density at radius 1 is 0.538 bits per heavy atom. The van der Waals surface area contributed by atoms with Crippen LogP contribution in [0.25, 0.3) is 0 Å². The molecule has 39 heavy (non-hydrogen) atoms. The van der Waals surface area contributed by atoms with E-state index in [-0.39, 0.29) is 9.79 Å². The molecule has 4 rings (SSSR count). The number of nitrogens with two attached hydrogens (primary N) is 2. The summed E-state index contributed by atoms with van der Waals surface area (Å²) in [4.78, 5) is 27.1. The van der Waals surface area contributed by atoms with Crippen LogP contribution in [0, 0.1) is 0 Å². The van der Waals surface area contributed by atoms with Crippen molar-refractivity contribution in [2.75, 3.05) is 10.6 Å². The van der Waals surface area contributed by atoms with Crippen molar-refractivity contribution >= 4 is 55.0 Å². The van der Waals surface area contributed by atoms with E-state index >= 15 is 0 Å². The van der Waals surface area contributed by atoms with Crippen LogP contribution in [0.3, 0.4) is 0 Å². The van der Waals surface area contributed by atoms with Crippen LogP contribution in [0.2, 0.25) is 0 Å². The van der Waals surface area contributed by atoms with Crippen molar-refractivity contribution in [1.29, 1.82) is 0 Å². The second-order valence-electron chi connectivity index (χ2n) is 8.14. The highest BCUT2D eigenvalue weighted by atomic mass is 32.2. The highest BCUT2D eigenvalue weighted by Crippen LogP contribution is 2.33. The third kappa shape index (κ3) is 7.10. The zero-order chi connectivity index (χ0) is 28.2. The molecule has 4 aromatic carbocycles. The molecule has 0 aliphatic rings. The summed E-state index contributed by atoms with van der Waals surface area (Å²) in [6.45, 7) is 0. The summed E-state index contributed by atoms with van der Waals surface area (Å²) < 4.78 is 45.9. The fourth-order valence-electron chi connectivity index (χ4n) is 3.46. The Hall–Kier alpha value is -4.01. The van der Waals surface area contributed by atoms with E-state index < -0.39 is 31.9 Å². The van der Waals surface area contributed by atoms with Gasteiger partial charge in [-0.15, -0.1) is 0 Å². The average molecular weight is 583 g/mol. The fourth-order valence-corrected chi connectivity index (χ4v) is 5.56. The maximum atomic E-state index is 13.1. The molecule has 0 fully saturated rings. The molecule has 0 bridgehead atoms. The number of primary sulfonamides is 2. The topological polar surface area (TPSA) is 179 Å². The van der Waals surface area contributed by atoms with E-state index in [2.05, 4.69) is 10.6 Å². The molecule has 0 aliphatic heterocycles. The quantitative estimate of drug-likeness (QED) is 0.245. The van der Waals surface area contributed by atoms with Gasteiger partial charge in [0.05, 0.1) is 20.9 Å². The van der Waals surface area contributed by atoms with Crippen molar-refractivity contribution < 1.29 is 26.4 Å². The van der Waals surface area contributed by atoms with Crippen LogP contribution in [0.5, 0.6) is 0 Å². The van der Waals surface area contributed by atoms with Crippen LogP contribution < -0.4 is 20.9 Å².